The van der Waals surface area contributed by atoms with E-state index in [1.54, 1.807) is 0 Å². The first-order valence-electron chi connectivity index (χ1n) is 8.15. The van der Waals surface area contributed by atoms with Gasteiger partial charge in [0, 0.05) is 25.3 Å². The number of carbonyl (C=O) groups is 2. The van der Waals surface area contributed by atoms with Gasteiger partial charge in [0.2, 0.25) is 5.91 Å². The molecule has 1 unspecified atom stereocenters. The van der Waals surface area contributed by atoms with Crippen LogP contribution in [0.4, 0.5) is 0 Å². The molecule has 0 saturated carbocycles. The quantitative estimate of drug-likeness (QED) is 0.817. The fraction of sp³-hybridized carbons (Fsp3) is 0.368. The Hall–Kier alpha value is -1.94. The standard InChI is InChI=1S/C19H21NO2S/c21-17(18-9-4-12-23-18)10-11-19(22)20-13-15-7-3-6-14-5-1-2-8-16(14)15/h1-2,4-5,8-9,12,15H,3,6-7,10-11,13H2,(H,20,22). The maximum atomic E-state index is 12.0. The molecule has 0 radical (unpaired) electrons. The molecule has 1 amide bonds. The molecule has 1 N–H and O–H groups in total. The highest BCUT2D eigenvalue weighted by atomic mass is 32.1. The van der Waals surface area contributed by atoms with Gasteiger partial charge in [-0.1, -0.05) is 30.3 Å². The average molecular weight is 327 g/mol. The molecule has 120 valence electrons. The van der Waals surface area contributed by atoms with Gasteiger partial charge in [0.15, 0.2) is 5.78 Å². The van der Waals surface area contributed by atoms with Crippen molar-refractivity contribution in [2.75, 3.05) is 6.54 Å². The predicted molar refractivity (Wildman–Crippen MR) is 93.0 cm³/mol. The van der Waals surface area contributed by atoms with Crippen LogP contribution in [0.15, 0.2) is 41.8 Å². The van der Waals surface area contributed by atoms with E-state index in [-0.39, 0.29) is 24.5 Å². The van der Waals surface area contributed by atoms with Crippen molar-refractivity contribution >= 4 is 23.0 Å². The first-order chi connectivity index (χ1) is 11.2. The Morgan fingerprint density at radius 1 is 1.13 bits per heavy atom. The fourth-order valence-electron chi connectivity index (χ4n) is 3.18. The van der Waals surface area contributed by atoms with Crippen LogP contribution in [0.1, 0.15) is 52.4 Å². The first kappa shape index (κ1) is 15.9. The highest BCUT2D eigenvalue weighted by Crippen LogP contribution is 2.30. The van der Waals surface area contributed by atoms with Crippen LogP contribution in [0.25, 0.3) is 0 Å². The first-order valence-corrected chi connectivity index (χ1v) is 9.03. The van der Waals surface area contributed by atoms with E-state index in [4.69, 9.17) is 0 Å². The van der Waals surface area contributed by atoms with Gasteiger partial charge in [0.1, 0.15) is 0 Å². The molecule has 1 aliphatic rings. The number of rotatable bonds is 6. The minimum absolute atomic E-state index is 0.0297. The van der Waals surface area contributed by atoms with E-state index >= 15 is 0 Å². The number of carbonyl (C=O) groups excluding carboxylic acids is 2. The molecule has 2 aromatic rings. The Bertz CT molecular complexity index is 678. The van der Waals surface area contributed by atoms with Gasteiger partial charge in [-0.3, -0.25) is 9.59 Å². The van der Waals surface area contributed by atoms with E-state index in [1.807, 2.05) is 17.5 Å². The molecule has 1 aliphatic carbocycles. The highest BCUT2D eigenvalue weighted by Gasteiger charge is 2.20. The molecular formula is C19H21NO2S. The van der Waals surface area contributed by atoms with Crippen LogP contribution >= 0.6 is 11.3 Å². The second kappa shape index (κ2) is 7.55. The third-order valence-electron chi connectivity index (χ3n) is 4.41. The van der Waals surface area contributed by atoms with E-state index < -0.39 is 0 Å². The smallest absolute Gasteiger partial charge is 0.220 e. The predicted octanol–water partition coefficient (Wildman–Crippen LogP) is 3.95. The van der Waals surface area contributed by atoms with Gasteiger partial charge in [0.25, 0.3) is 0 Å². The van der Waals surface area contributed by atoms with Crippen LogP contribution < -0.4 is 5.32 Å². The van der Waals surface area contributed by atoms with Crippen LogP contribution in [-0.2, 0) is 11.2 Å². The Morgan fingerprint density at radius 3 is 2.83 bits per heavy atom. The number of thiophene rings is 1. The zero-order chi connectivity index (χ0) is 16.1. The number of benzene rings is 1. The van der Waals surface area contributed by atoms with Gasteiger partial charge in [0.05, 0.1) is 4.88 Å². The average Bonchev–Trinajstić information content (AvgIpc) is 3.12. The van der Waals surface area contributed by atoms with Gasteiger partial charge >= 0.3 is 0 Å². The molecule has 1 aromatic heterocycles. The summed E-state index contributed by atoms with van der Waals surface area (Å²) in [5.41, 5.74) is 2.78. The van der Waals surface area contributed by atoms with Crippen molar-refractivity contribution in [1.82, 2.24) is 5.32 Å². The maximum Gasteiger partial charge on any atom is 0.220 e. The molecule has 4 heteroatoms. The maximum absolute atomic E-state index is 12.0. The van der Waals surface area contributed by atoms with Crippen molar-refractivity contribution in [2.45, 2.75) is 38.0 Å². The lowest BCUT2D eigenvalue weighted by Crippen LogP contribution is -2.30. The number of amides is 1. The van der Waals surface area contributed by atoms with Crippen LogP contribution in [0, 0.1) is 0 Å². The van der Waals surface area contributed by atoms with E-state index in [0.717, 1.165) is 17.7 Å². The zero-order valence-electron chi connectivity index (χ0n) is 13.1. The van der Waals surface area contributed by atoms with Gasteiger partial charge < -0.3 is 5.32 Å². The number of hydrogen-bond donors (Lipinski definition) is 1. The zero-order valence-corrected chi connectivity index (χ0v) is 13.9. The van der Waals surface area contributed by atoms with Crippen LogP contribution in [0.2, 0.25) is 0 Å². The minimum Gasteiger partial charge on any atom is -0.355 e. The molecular weight excluding hydrogens is 306 g/mol. The number of Topliss-reactive ketones (excluding diaryl/α,β-unsaturated/α-hetero) is 1. The van der Waals surface area contributed by atoms with Crippen LogP contribution in [-0.4, -0.2) is 18.2 Å². The summed E-state index contributed by atoms with van der Waals surface area (Å²) in [5.74, 6) is 0.424. The van der Waals surface area contributed by atoms with Crippen molar-refractivity contribution in [2.24, 2.45) is 0 Å². The number of fused-ring (bicyclic) bond motifs is 1. The van der Waals surface area contributed by atoms with Crippen molar-refractivity contribution in [3.05, 3.63) is 57.8 Å². The lowest BCUT2D eigenvalue weighted by molar-refractivity contribution is -0.121. The van der Waals surface area contributed by atoms with Crippen molar-refractivity contribution in [1.29, 1.82) is 0 Å². The van der Waals surface area contributed by atoms with E-state index in [0.29, 0.717) is 12.5 Å². The number of hydrogen-bond acceptors (Lipinski definition) is 3. The summed E-state index contributed by atoms with van der Waals surface area (Å²) >= 11 is 1.43. The molecule has 0 saturated heterocycles. The second-order valence-corrected chi connectivity index (χ2v) is 6.94. The lowest BCUT2D eigenvalue weighted by atomic mass is 9.83. The molecule has 3 rings (SSSR count). The molecule has 0 bridgehead atoms. The van der Waals surface area contributed by atoms with Gasteiger partial charge in [-0.15, -0.1) is 11.3 Å². The summed E-state index contributed by atoms with van der Waals surface area (Å²) in [6.07, 6.45) is 3.98. The Kier molecular flexibility index (Phi) is 5.23. The van der Waals surface area contributed by atoms with Crippen molar-refractivity contribution in [3.63, 3.8) is 0 Å². The van der Waals surface area contributed by atoms with E-state index in [2.05, 4.69) is 29.6 Å². The Morgan fingerprint density at radius 2 is 2.00 bits per heavy atom. The minimum atomic E-state index is -0.0297. The van der Waals surface area contributed by atoms with Gasteiger partial charge in [-0.2, -0.15) is 0 Å². The molecule has 0 aliphatic heterocycles. The van der Waals surface area contributed by atoms with Crippen LogP contribution in [0.3, 0.4) is 0 Å². The normalized spacial score (nSPS) is 16.6. The lowest BCUT2D eigenvalue weighted by Gasteiger charge is -2.25. The molecule has 0 fully saturated rings. The summed E-state index contributed by atoms with van der Waals surface area (Å²) < 4.78 is 0. The number of ketones is 1. The SMILES string of the molecule is O=C(CCC(=O)c1cccs1)NCC1CCCc2ccccc21. The molecule has 23 heavy (non-hydrogen) atoms. The summed E-state index contributed by atoms with van der Waals surface area (Å²) in [5, 5.41) is 4.89. The monoisotopic (exact) mass is 327 g/mol. The molecule has 0 spiro atoms. The fourth-order valence-corrected chi connectivity index (χ4v) is 3.87. The number of nitrogens with one attached hydrogen (secondary N) is 1. The summed E-state index contributed by atoms with van der Waals surface area (Å²) in [6.45, 7) is 0.670. The van der Waals surface area contributed by atoms with E-state index in [9.17, 15) is 9.59 Å². The Balaban J connectivity index is 1.47. The van der Waals surface area contributed by atoms with Gasteiger partial charge in [-0.05, 0) is 41.8 Å². The molecule has 1 heterocycles. The molecule has 3 nitrogen and oxygen atoms in total. The third kappa shape index (κ3) is 4.08. The Labute approximate surface area is 140 Å². The van der Waals surface area contributed by atoms with Crippen LogP contribution in [0.5, 0.6) is 0 Å². The summed E-state index contributed by atoms with van der Waals surface area (Å²) in [6, 6.07) is 12.2. The van der Waals surface area contributed by atoms with Crippen molar-refractivity contribution in [3.8, 4) is 0 Å². The van der Waals surface area contributed by atoms with Gasteiger partial charge in [-0.25, -0.2) is 0 Å². The topological polar surface area (TPSA) is 46.2 Å². The molecule has 1 atom stereocenters. The second-order valence-electron chi connectivity index (χ2n) is 5.99. The third-order valence-corrected chi connectivity index (χ3v) is 5.33. The summed E-state index contributed by atoms with van der Waals surface area (Å²) in [4.78, 5) is 24.7. The number of aryl methyl sites for hydroxylation is 1. The highest BCUT2D eigenvalue weighted by molar-refractivity contribution is 7.12. The molecule has 1 aromatic carbocycles. The largest absolute Gasteiger partial charge is 0.355 e. The van der Waals surface area contributed by atoms with Crippen molar-refractivity contribution < 1.29 is 9.59 Å². The summed E-state index contributed by atoms with van der Waals surface area (Å²) in [7, 11) is 0. The van der Waals surface area contributed by atoms with E-state index in [1.165, 1.54) is 28.9 Å².